The fourth-order valence-corrected chi connectivity index (χ4v) is 1.61. The summed E-state index contributed by atoms with van der Waals surface area (Å²) >= 11 is 0. The Bertz CT molecular complexity index is 476. The number of carbonyl (C=O) groups excluding carboxylic acids is 2. The number of nitrogens with two attached hydrogens (primary N) is 1. The lowest BCUT2D eigenvalue weighted by Crippen LogP contribution is -2.41. The second-order valence-electron chi connectivity index (χ2n) is 4.32. The highest BCUT2D eigenvalue weighted by molar-refractivity contribution is 5.84. The average molecular weight is 279 g/mol. The van der Waals surface area contributed by atoms with E-state index in [9.17, 15) is 14.4 Å². The zero-order valence-corrected chi connectivity index (χ0v) is 10.9. The molecule has 0 aliphatic rings. The molecule has 0 radical (unpaired) electrons. The van der Waals surface area contributed by atoms with Gasteiger partial charge in [0.25, 0.3) is 0 Å². The van der Waals surface area contributed by atoms with Crippen molar-refractivity contribution in [2.24, 2.45) is 5.73 Å². The van der Waals surface area contributed by atoms with Gasteiger partial charge in [-0.05, 0) is 24.5 Å². The van der Waals surface area contributed by atoms with E-state index in [0.29, 0.717) is 6.42 Å². The minimum Gasteiger partial charge on any atom is -0.480 e. The highest BCUT2D eigenvalue weighted by Crippen LogP contribution is 2.02. The molecule has 1 atom stereocenters. The Labute approximate surface area is 116 Å². The van der Waals surface area contributed by atoms with E-state index in [2.05, 4.69) is 10.3 Å². The Hall–Kier alpha value is -2.44. The number of rotatable bonds is 8. The molecular formula is C13H17N3O4. The first kappa shape index (κ1) is 15.6. The van der Waals surface area contributed by atoms with Crippen LogP contribution in [0.4, 0.5) is 0 Å². The van der Waals surface area contributed by atoms with Crippen LogP contribution in [0.5, 0.6) is 0 Å². The number of primary amides is 1. The highest BCUT2D eigenvalue weighted by atomic mass is 16.4. The molecule has 2 amide bonds. The second-order valence-corrected chi connectivity index (χ2v) is 4.32. The highest BCUT2D eigenvalue weighted by Gasteiger charge is 2.20. The first-order chi connectivity index (χ1) is 9.49. The van der Waals surface area contributed by atoms with Crippen LogP contribution in [0.2, 0.25) is 0 Å². The second kappa shape index (κ2) is 7.88. The minimum atomic E-state index is -1.18. The third-order valence-corrected chi connectivity index (χ3v) is 2.68. The molecule has 1 unspecified atom stereocenters. The molecule has 108 valence electrons. The number of pyridine rings is 1. The van der Waals surface area contributed by atoms with Crippen molar-refractivity contribution in [1.29, 1.82) is 0 Å². The summed E-state index contributed by atoms with van der Waals surface area (Å²) < 4.78 is 0. The molecular weight excluding hydrogens is 262 g/mol. The van der Waals surface area contributed by atoms with E-state index < -0.39 is 17.9 Å². The predicted octanol–water partition coefficient (Wildman–Crippen LogP) is -0.151. The molecule has 0 bridgehead atoms. The van der Waals surface area contributed by atoms with Crippen LogP contribution in [0.15, 0.2) is 24.5 Å². The van der Waals surface area contributed by atoms with E-state index in [1.54, 1.807) is 18.5 Å². The van der Waals surface area contributed by atoms with Crippen molar-refractivity contribution < 1.29 is 19.5 Å². The Morgan fingerprint density at radius 3 is 2.65 bits per heavy atom. The molecule has 0 aliphatic carbocycles. The first-order valence-corrected chi connectivity index (χ1v) is 6.18. The number of nitrogens with zero attached hydrogens (tertiary/aromatic N) is 1. The molecule has 1 rings (SSSR count). The standard InChI is InChI=1S/C13H17N3O4/c14-11(17)5-4-10(13(19)20)16-12(18)6-3-9-2-1-7-15-8-9/h1-2,7-8,10H,3-6H2,(H2,14,17)(H,16,18)(H,19,20). The summed E-state index contributed by atoms with van der Waals surface area (Å²) in [4.78, 5) is 37.2. The lowest BCUT2D eigenvalue weighted by molar-refractivity contribution is -0.142. The number of aromatic nitrogens is 1. The molecule has 4 N–H and O–H groups in total. The molecule has 1 aromatic rings. The summed E-state index contributed by atoms with van der Waals surface area (Å²) in [6, 6.07) is 2.51. The van der Waals surface area contributed by atoms with Gasteiger partial charge in [0.15, 0.2) is 0 Å². The van der Waals surface area contributed by atoms with Crippen LogP contribution in [-0.4, -0.2) is 33.9 Å². The van der Waals surface area contributed by atoms with E-state index in [0.717, 1.165) is 5.56 Å². The third kappa shape index (κ3) is 5.94. The summed E-state index contributed by atoms with van der Waals surface area (Å²) in [6.07, 6.45) is 3.82. The van der Waals surface area contributed by atoms with Gasteiger partial charge in [-0.15, -0.1) is 0 Å². The maximum atomic E-state index is 11.7. The van der Waals surface area contributed by atoms with Crippen molar-refractivity contribution >= 4 is 17.8 Å². The Balaban J connectivity index is 2.41. The molecule has 0 aromatic carbocycles. The molecule has 0 spiro atoms. The van der Waals surface area contributed by atoms with Crippen LogP contribution in [0.25, 0.3) is 0 Å². The number of aryl methyl sites for hydroxylation is 1. The normalized spacial score (nSPS) is 11.6. The third-order valence-electron chi connectivity index (χ3n) is 2.68. The largest absolute Gasteiger partial charge is 0.480 e. The van der Waals surface area contributed by atoms with Crippen LogP contribution in [-0.2, 0) is 20.8 Å². The molecule has 1 heterocycles. The minimum absolute atomic E-state index is 0.0106. The van der Waals surface area contributed by atoms with Crippen LogP contribution >= 0.6 is 0 Å². The molecule has 0 saturated carbocycles. The molecule has 0 fully saturated rings. The van der Waals surface area contributed by atoms with Gasteiger partial charge in [-0.1, -0.05) is 6.07 Å². The number of hydrogen-bond acceptors (Lipinski definition) is 4. The van der Waals surface area contributed by atoms with Crippen molar-refractivity contribution in [3.8, 4) is 0 Å². The number of hydrogen-bond donors (Lipinski definition) is 3. The molecule has 1 aromatic heterocycles. The number of amides is 2. The van der Waals surface area contributed by atoms with Gasteiger partial charge >= 0.3 is 5.97 Å². The van der Waals surface area contributed by atoms with Gasteiger partial charge in [0.05, 0.1) is 0 Å². The van der Waals surface area contributed by atoms with Gasteiger partial charge in [-0.3, -0.25) is 14.6 Å². The number of aliphatic carboxylic acids is 1. The maximum absolute atomic E-state index is 11.7. The van der Waals surface area contributed by atoms with Gasteiger partial charge in [0, 0.05) is 25.2 Å². The summed E-state index contributed by atoms with van der Waals surface area (Å²) in [5, 5.41) is 11.3. The average Bonchev–Trinajstić information content (AvgIpc) is 2.41. The Kier molecular flexibility index (Phi) is 6.15. The molecule has 0 saturated heterocycles. The predicted molar refractivity (Wildman–Crippen MR) is 70.6 cm³/mol. The quantitative estimate of drug-likeness (QED) is 0.610. The van der Waals surface area contributed by atoms with Crippen LogP contribution in [0.1, 0.15) is 24.8 Å². The molecule has 20 heavy (non-hydrogen) atoms. The van der Waals surface area contributed by atoms with E-state index in [1.165, 1.54) is 0 Å². The van der Waals surface area contributed by atoms with Gasteiger partial charge in [-0.2, -0.15) is 0 Å². The van der Waals surface area contributed by atoms with Crippen molar-refractivity contribution in [3.63, 3.8) is 0 Å². The summed E-state index contributed by atoms with van der Waals surface area (Å²) in [6.45, 7) is 0. The van der Waals surface area contributed by atoms with Crippen molar-refractivity contribution in [2.45, 2.75) is 31.7 Å². The maximum Gasteiger partial charge on any atom is 0.326 e. The number of carboxylic acid groups (broad SMARTS) is 1. The lowest BCUT2D eigenvalue weighted by Gasteiger charge is -2.13. The van der Waals surface area contributed by atoms with Gasteiger partial charge in [0.1, 0.15) is 6.04 Å². The summed E-state index contributed by atoms with van der Waals surface area (Å²) in [7, 11) is 0. The van der Waals surface area contributed by atoms with Crippen LogP contribution in [0, 0.1) is 0 Å². The summed E-state index contributed by atoms with van der Waals surface area (Å²) in [5.74, 6) is -2.16. The van der Waals surface area contributed by atoms with Crippen molar-refractivity contribution in [1.82, 2.24) is 10.3 Å². The van der Waals surface area contributed by atoms with E-state index >= 15 is 0 Å². The SMILES string of the molecule is NC(=O)CCC(NC(=O)CCc1cccnc1)C(=O)O. The fourth-order valence-electron chi connectivity index (χ4n) is 1.61. The number of carboxylic acids is 1. The zero-order chi connectivity index (χ0) is 15.0. The smallest absolute Gasteiger partial charge is 0.326 e. The molecule has 7 nitrogen and oxygen atoms in total. The number of carbonyl (C=O) groups is 3. The molecule has 0 aliphatic heterocycles. The lowest BCUT2D eigenvalue weighted by atomic mass is 10.1. The van der Waals surface area contributed by atoms with Crippen molar-refractivity contribution in [3.05, 3.63) is 30.1 Å². The topological polar surface area (TPSA) is 122 Å². The number of nitrogens with one attached hydrogen (secondary N) is 1. The molecule has 7 heteroatoms. The van der Waals surface area contributed by atoms with Crippen LogP contribution in [0.3, 0.4) is 0 Å². The van der Waals surface area contributed by atoms with E-state index in [1.807, 2.05) is 6.07 Å². The first-order valence-electron chi connectivity index (χ1n) is 6.18. The van der Waals surface area contributed by atoms with Gasteiger partial charge in [-0.25, -0.2) is 4.79 Å². The van der Waals surface area contributed by atoms with Crippen LogP contribution < -0.4 is 11.1 Å². The van der Waals surface area contributed by atoms with E-state index in [4.69, 9.17) is 10.8 Å². The van der Waals surface area contributed by atoms with Crippen molar-refractivity contribution in [2.75, 3.05) is 0 Å². The van der Waals surface area contributed by atoms with Gasteiger partial charge < -0.3 is 16.2 Å². The summed E-state index contributed by atoms with van der Waals surface area (Å²) in [5.41, 5.74) is 5.85. The monoisotopic (exact) mass is 279 g/mol. The van der Waals surface area contributed by atoms with Gasteiger partial charge in [0.2, 0.25) is 11.8 Å². The Morgan fingerprint density at radius 1 is 1.35 bits per heavy atom. The fraction of sp³-hybridized carbons (Fsp3) is 0.385. The Morgan fingerprint density at radius 2 is 2.10 bits per heavy atom. The zero-order valence-electron chi connectivity index (χ0n) is 10.9. The van der Waals surface area contributed by atoms with E-state index in [-0.39, 0.29) is 25.2 Å².